The van der Waals surface area contributed by atoms with Crippen LogP contribution in [0.5, 0.6) is 0 Å². The first-order valence-electron chi connectivity index (χ1n) is 7.03. The van der Waals surface area contributed by atoms with E-state index in [2.05, 4.69) is 56.0 Å². The standard InChI is InChI=1S/C17H28S/c1-15-10-8-6-5-7-9-11-17(12-15)13-16(2)14-18(3)4/h6,8,12-15H,5,7,9-11H2,1-4H3. The summed E-state index contributed by atoms with van der Waals surface area (Å²) in [5, 5.41) is 2.38. The third-order valence-electron chi connectivity index (χ3n) is 3.09. The molecule has 18 heavy (non-hydrogen) atoms. The zero-order chi connectivity index (χ0) is 13.4. The van der Waals surface area contributed by atoms with Crippen LogP contribution in [0.4, 0.5) is 0 Å². The van der Waals surface area contributed by atoms with Crippen LogP contribution in [0.15, 0.2) is 35.5 Å². The summed E-state index contributed by atoms with van der Waals surface area (Å²) in [5.41, 5.74) is 2.96. The fraction of sp³-hybridized carbons (Fsp3) is 0.588. The summed E-state index contributed by atoms with van der Waals surface area (Å²) in [6.45, 7) is 4.56. The average molecular weight is 264 g/mol. The molecule has 0 bridgehead atoms. The summed E-state index contributed by atoms with van der Waals surface area (Å²) in [7, 11) is 0.396. The molecule has 0 amide bonds. The molecule has 1 aliphatic carbocycles. The van der Waals surface area contributed by atoms with Crippen molar-refractivity contribution in [3.63, 3.8) is 0 Å². The Morgan fingerprint density at radius 1 is 1.28 bits per heavy atom. The summed E-state index contributed by atoms with van der Waals surface area (Å²) in [5.74, 6) is 0.667. The molecule has 1 atom stereocenters. The topological polar surface area (TPSA) is 0 Å². The van der Waals surface area contributed by atoms with Gasteiger partial charge in [0.05, 0.1) is 0 Å². The zero-order valence-corrected chi connectivity index (χ0v) is 13.2. The van der Waals surface area contributed by atoms with E-state index in [0.717, 1.165) is 0 Å². The highest BCUT2D eigenvalue weighted by molar-refractivity contribution is 8.14. The highest BCUT2D eigenvalue weighted by Crippen LogP contribution is 2.19. The van der Waals surface area contributed by atoms with Crippen molar-refractivity contribution < 1.29 is 0 Å². The minimum atomic E-state index is 0.396. The van der Waals surface area contributed by atoms with Gasteiger partial charge in [-0.2, -0.15) is 10.5 Å². The van der Waals surface area contributed by atoms with Crippen molar-refractivity contribution in [3.8, 4) is 0 Å². The Morgan fingerprint density at radius 3 is 2.78 bits per heavy atom. The van der Waals surface area contributed by atoms with Gasteiger partial charge in [-0.1, -0.05) is 36.8 Å². The second-order valence-electron chi connectivity index (χ2n) is 5.56. The lowest BCUT2D eigenvalue weighted by Gasteiger charge is -2.10. The highest BCUT2D eigenvalue weighted by Gasteiger charge is 2.01. The molecule has 1 unspecified atom stereocenters. The van der Waals surface area contributed by atoms with E-state index < -0.39 is 0 Å². The number of rotatable bonds is 2. The van der Waals surface area contributed by atoms with Crippen molar-refractivity contribution in [1.29, 1.82) is 0 Å². The minimum absolute atomic E-state index is 0.396. The van der Waals surface area contributed by atoms with Crippen molar-refractivity contribution >= 4 is 15.9 Å². The van der Waals surface area contributed by atoms with Gasteiger partial charge in [0.25, 0.3) is 0 Å². The summed E-state index contributed by atoms with van der Waals surface area (Å²) in [6.07, 6.45) is 20.4. The van der Waals surface area contributed by atoms with Crippen LogP contribution in [0.1, 0.15) is 46.0 Å². The third kappa shape index (κ3) is 7.00. The quantitative estimate of drug-likeness (QED) is 0.358. The molecule has 1 heteroatoms. The molecule has 0 heterocycles. The van der Waals surface area contributed by atoms with Crippen molar-refractivity contribution in [2.45, 2.75) is 46.0 Å². The van der Waals surface area contributed by atoms with E-state index in [1.165, 1.54) is 43.3 Å². The van der Waals surface area contributed by atoms with Gasteiger partial charge in [-0.05, 0) is 68.4 Å². The van der Waals surface area contributed by atoms with Crippen molar-refractivity contribution in [3.05, 3.63) is 35.5 Å². The van der Waals surface area contributed by atoms with Gasteiger partial charge >= 0.3 is 0 Å². The molecule has 0 N–H and O–H groups in total. The Kier molecular flexibility index (Phi) is 7.34. The highest BCUT2D eigenvalue weighted by atomic mass is 32.2. The summed E-state index contributed by atoms with van der Waals surface area (Å²) in [6, 6.07) is 0. The van der Waals surface area contributed by atoms with Crippen LogP contribution in [0.3, 0.4) is 0 Å². The molecule has 0 aromatic rings. The molecule has 1 rings (SSSR count). The number of hydrogen-bond donors (Lipinski definition) is 0. The summed E-state index contributed by atoms with van der Waals surface area (Å²) >= 11 is 0. The Bertz CT molecular complexity index is 365. The third-order valence-corrected chi connectivity index (χ3v) is 3.94. The fourth-order valence-corrected chi connectivity index (χ4v) is 3.17. The van der Waals surface area contributed by atoms with Crippen LogP contribution >= 0.6 is 10.5 Å². The van der Waals surface area contributed by atoms with Crippen LogP contribution in [-0.4, -0.2) is 17.9 Å². The van der Waals surface area contributed by atoms with E-state index in [1.807, 2.05) is 0 Å². The Labute approximate surface area is 116 Å². The Balaban J connectivity index is 2.81. The molecular formula is C17H28S. The number of allylic oxidation sites excluding steroid dienone is 6. The molecular weight excluding hydrogens is 236 g/mol. The first-order valence-corrected chi connectivity index (χ1v) is 9.13. The molecule has 0 spiro atoms. The molecule has 0 aromatic carbocycles. The van der Waals surface area contributed by atoms with Crippen LogP contribution in [0, 0.1) is 5.92 Å². The van der Waals surface area contributed by atoms with E-state index in [-0.39, 0.29) is 0 Å². The Hall–Kier alpha value is -0.560. The first kappa shape index (κ1) is 15.5. The van der Waals surface area contributed by atoms with Crippen molar-refractivity contribution in [2.24, 2.45) is 5.92 Å². The summed E-state index contributed by atoms with van der Waals surface area (Å²) < 4.78 is 0. The molecule has 0 aliphatic heterocycles. The fourth-order valence-electron chi connectivity index (χ4n) is 2.36. The minimum Gasteiger partial charge on any atom is -0.192 e. The van der Waals surface area contributed by atoms with E-state index in [0.29, 0.717) is 16.4 Å². The molecule has 0 radical (unpaired) electrons. The predicted octanol–water partition coefficient (Wildman–Crippen LogP) is 5.35. The van der Waals surface area contributed by atoms with Gasteiger partial charge in [-0.3, -0.25) is 0 Å². The maximum absolute atomic E-state index is 2.47. The van der Waals surface area contributed by atoms with Crippen LogP contribution in [0.2, 0.25) is 0 Å². The maximum Gasteiger partial charge on any atom is -0.0222 e. The lowest BCUT2D eigenvalue weighted by molar-refractivity contribution is 0.695. The maximum atomic E-state index is 2.47. The molecule has 0 aromatic heterocycles. The number of hydrogen-bond acceptors (Lipinski definition) is 0. The molecule has 102 valence electrons. The SMILES string of the molecule is CC(=CC1=CC(C)CC=CCCCC1)C=S(C)C. The van der Waals surface area contributed by atoms with Crippen molar-refractivity contribution in [1.82, 2.24) is 0 Å². The normalized spacial score (nSPS) is 22.8. The molecule has 0 saturated heterocycles. The van der Waals surface area contributed by atoms with Gasteiger partial charge in [0.1, 0.15) is 0 Å². The predicted molar refractivity (Wildman–Crippen MR) is 88.7 cm³/mol. The average Bonchev–Trinajstić information content (AvgIpc) is 2.26. The molecule has 1 aliphatic rings. The van der Waals surface area contributed by atoms with E-state index in [1.54, 1.807) is 0 Å². The van der Waals surface area contributed by atoms with Gasteiger partial charge in [0.15, 0.2) is 0 Å². The Morgan fingerprint density at radius 2 is 2.06 bits per heavy atom. The van der Waals surface area contributed by atoms with E-state index in [4.69, 9.17) is 0 Å². The second-order valence-corrected chi connectivity index (χ2v) is 7.55. The van der Waals surface area contributed by atoms with Gasteiger partial charge in [0.2, 0.25) is 0 Å². The lowest BCUT2D eigenvalue weighted by atomic mass is 9.97. The first-order chi connectivity index (χ1) is 8.58. The second kappa shape index (κ2) is 8.53. The molecule has 0 nitrogen and oxygen atoms in total. The van der Waals surface area contributed by atoms with Crippen molar-refractivity contribution in [2.75, 3.05) is 12.5 Å². The van der Waals surface area contributed by atoms with Gasteiger partial charge in [-0.25, -0.2) is 0 Å². The van der Waals surface area contributed by atoms with Gasteiger partial charge in [-0.15, -0.1) is 0 Å². The van der Waals surface area contributed by atoms with E-state index in [9.17, 15) is 0 Å². The van der Waals surface area contributed by atoms with Crippen LogP contribution in [-0.2, 0) is 0 Å². The molecule has 0 saturated carbocycles. The monoisotopic (exact) mass is 264 g/mol. The largest absolute Gasteiger partial charge is 0.192 e. The zero-order valence-electron chi connectivity index (χ0n) is 12.4. The van der Waals surface area contributed by atoms with Crippen LogP contribution < -0.4 is 0 Å². The lowest BCUT2D eigenvalue weighted by Crippen LogP contribution is -1.93. The van der Waals surface area contributed by atoms with Gasteiger partial charge in [0, 0.05) is 0 Å². The van der Waals surface area contributed by atoms with Gasteiger partial charge < -0.3 is 0 Å². The van der Waals surface area contributed by atoms with Crippen LogP contribution in [0.25, 0.3) is 0 Å². The summed E-state index contributed by atoms with van der Waals surface area (Å²) in [4.78, 5) is 0. The smallest absolute Gasteiger partial charge is 0.0222 e. The molecule has 0 fully saturated rings. The van der Waals surface area contributed by atoms with E-state index >= 15 is 0 Å².